The zero-order chi connectivity index (χ0) is 17.6. The number of ether oxygens (including phenoxy) is 1. The lowest BCUT2D eigenvalue weighted by molar-refractivity contribution is -0.144. The van der Waals surface area contributed by atoms with Crippen LogP contribution >= 0.6 is 7.29 Å². The molecule has 2 rings (SSSR count). The lowest BCUT2D eigenvalue weighted by atomic mass is 10.2. The van der Waals surface area contributed by atoms with Crippen LogP contribution < -0.4 is 5.30 Å². The van der Waals surface area contributed by atoms with Crippen molar-refractivity contribution in [1.82, 2.24) is 4.67 Å². The molecule has 0 heterocycles. The van der Waals surface area contributed by atoms with Gasteiger partial charge in [-0.2, -0.15) is 0 Å². The highest BCUT2D eigenvalue weighted by Crippen LogP contribution is 2.50. The van der Waals surface area contributed by atoms with Gasteiger partial charge in [0.1, 0.15) is 6.04 Å². The summed E-state index contributed by atoms with van der Waals surface area (Å²) < 4.78 is 20.6. The molecule has 128 valence electrons. The molecule has 2 aromatic carbocycles. The molecule has 24 heavy (non-hydrogen) atoms. The fourth-order valence-electron chi connectivity index (χ4n) is 2.77. The van der Waals surface area contributed by atoms with Crippen LogP contribution in [0.15, 0.2) is 60.7 Å². The van der Waals surface area contributed by atoms with E-state index in [4.69, 9.17) is 4.74 Å². The summed E-state index contributed by atoms with van der Waals surface area (Å²) in [5, 5.41) is 0.763. The van der Waals surface area contributed by atoms with Crippen molar-refractivity contribution in [3.05, 3.63) is 66.2 Å². The summed E-state index contributed by atoms with van der Waals surface area (Å²) in [7, 11) is -1.56. The van der Waals surface area contributed by atoms with Crippen LogP contribution in [0.2, 0.25) is 0 Å². The summed E-state index contributed by atoms with van der Waals surface area (Å²) in [5.74, 6) is -0.379. The summed E-state index contributed by atoms with van der Waals surface area (Å²) in [6, 6.07) is 18.6. The zero-order valence-corrected chi connectivity index (χ0v) is 15.3. The summed E-state index contributed by atoms with van der Waals surface area (Å²) in [6.45, 7) is 4.08. The van der Waals surface area contributed by atoms with Crippen LogP contribution in [-0.2, 0) is 20.6 Å². The van der Waals surface area contributed by atoms with Gasteiger partial charge in [0, 0.05) is 18.0 Å². The van der Waals surface area contributed by atoms with E-state index in [0.717, 1.165) is 10.9 Å². The Balaban J connectivity index is 2.47. The number of carbonyl (C=O) groups is 1. The number of esters is 1. The van der Waals surface area contributed by atoms with E-state index in [0.29, 0.717) is 12.7 Å². The molecular weight excluding hydrogens is 321 g/mol. The molecule has 0 radical (unpaired) electrons. The van der Waals surface area contributed by atoms with Crippen LogP contribution in [0.4, 0.5) is 0 Å². The van der Waals surface area contributed by atoms with Crippen molar-refractivity contribution in [3.63, 3.8) is 0 Å². The van der Waals surface area contributed by atoms with Crippen LogP contribution in [-0.4, -0.2) is 30.0 Å². The molecule has 0 aliphatic heterocycles. The van der Waals surface area contributed by atoms with Gasteiger partial charge in [0.25, 0.3) is 0 Å². The fraction of sp³-hybridized carbons (Fsp3) is 0.316. The van der Waals surface area contributed by atoms with Crippen LogP contribution in [0.5, 0.6) is 0 Å². The van der Waals surface area contributed by atoms with E-state index in [-0.39, 0.29) is 5.97 Å². The average molecular weight is 345 g/mol. The maximum absolute atomic E-state index is 13.9. The maximum Gasteiger partial charge on any atom is 0.323 e. The van der Waals surface area contributed by atoms with E-state index in [1.54, 1.807) is 11.6 Å². The van der Waals surface area contributed by atoms with Crippen LogP contribution in [0.25, 0.3) is 0 Å². The summed E-state index contributed by atoms with van der Waals surface area (Å²) in [4.78, 5) is 12.2. The molecule has 0 aliphatic carbocycles. The lowest BCUT2D eigenvalue weighted by Gasteiger charge is -2.35. The van der Waals surface area contributed by atoms with Crippen molar-refractivity contribution in [3.8, 4) is 0 Å². The van der Waals surface area contributed by atoms with Gasteiger partial charge >= 0.3 is 5.97 Å². The number of carbonyl (C=O) groups excluding carboxylic acids is 1. The average Bonchev–Trinajstić information content (AvgIpc) is 2.65. The van der Waals surface area contributed by atoms with Gasteiger partial charge in [-0.25, -0.2) is 4.67 Å². The molecule has 0 spiro atoms. The van der Waals surface area contributed by atoms with Gasteiger partial charge in [-0.1, -0.05) is 67.6 Å². The molecule has 0 aromatic heterocycles. The first-order chi connectivity index (χ1) is 11.5. The quantitative estimate of drug-likeness (QED) is 0.567. The summed E-state index contributed by atoms with van der Waals surface area (Å²) in [5.41, 5.74) is 1.01. The number of rotatable bonds is 7. The monoisotopic (exact) mass is 345 g/mol. The van der Waals surface area contributed by atoms with Gasteiger partial charge in [-0.3, -0.25) is 4.79 Å². The van der Waals surface area contributed by atoms with Gasteiger partial charge in [-0.15, -0.1) is 0 Å². The molecular formula is C19H24NO3P. The minimum absolute atomic E-state index is 0.379. The number of benzene rings is 2. The van der Waals surface area contributed by atoms with Crippen molar-refractivity contribution in [2.45, 2.75) is 26.4 Å². The molecule has 1 unspecified atom stereocenters. The highest BCUT2D eigenvalue weighted by Gasteiger charge is 2.37. The van der Waals surface area contributed by atoms with Gasteiger partial charge in [0.2, 0.25) is 0 Å². The van der Waals surface area contributed by atoms with Crippen LogP contribution in [0, 0.1) is 0 Å². The highest BCUT2D eigenvalue weighted by atomic mass is 31.2. The molecule has 0 fully saturated rings. The van der Waals surface area contributed by atoms with Crippen molar-refractivity contribution in [2.24, 2.45) is 0 Å². The first kappa shape index (κ1) is 18.4. The predicted octanol–water partition coefficient (Wildman–Crippen LogP) is 3.67. The Morgan fingerprint density at radius 3 is 2.12 bits per heavy atom. The Morgan fingerprint density at radius 2 is 1.62 bits per heavy atom. The molecule has 5 heteroatoms. The van der Waals surface area contributed by atoms with E-state index in [1.807, 2.05) is 67.6 Å². The van der Waals surface area contributed by atoms with E-state index in [1.165, 1.54) is 7.11 Å². The lowest BCUT2D eigenvalue weighted by Crippen LogP contribution is -2.40. The van der Waals surface area contributed by atoms with Crippen LogP contribution in [0.3, 0.4) is 0 Å². The number of methoxy groups -OCH3 is 1. The van der Waals surface area contributed by atoms with Gasteiger partial charge in [0.15, 0.2) is 7.29 Å². The van der Waals surface area contributed by atoms with E-state index in [2.05, 4.69) is 0 Å². The topological polar surface area (TPSA) is 46.6 Å². The molecule has 4 nitrogen and oxygen atoms in total. The fourth-order valence-corrected chi connectivity index (χ4v) is 5.48. The first-order valence-corrected chi connectivity index (χ1v) is 9.91. The Kier molecular flexibility index (Phi) is 6.36. The molecule has 2 aromatic rings. The normalized spacial score (nSPS) is 14.8. The Bertz CT molecular complexity index is 703. The highest BCUT2D eigenvalue weighted by molar-refractivity contribution is 7.69. The Hall–Kier alpha value is -1.90. The summed E-state index contributed by atoms with van der Waals surface area (Å²) >= 11 is 0. The molecule has 0 amide bonds. The predicted molar refractivity (Wildman–Crippen MR) is 97.7 cm³/mol. The number of nitrogens with zero attached hydrogens (tertiary/aromatic N) is 1. The Labute approximate surface area is 143 Å². The number of hydrogen-bond acceptors (Lipinski definition) is 3. The smallest absolute Gasteiger partial charge is 0.323 e. The van der Waals surface area contributed by atoms with Gasteiger partial charge in [-0.05, 0) is 12.5 Å². The minimum Gasteiger partial charge on any atom is -0.468 e. The van der Waals surface area contributed by atoms with Crippen molar-refractivity contribution in [2.75, 3.05) is 13.3 Å². The SMILES string of the molecule is CCP(=O)(c1ccccc1)N(Cc1ccccc1)[C@@H](C)C(=O)OC. The van der Waals surface area contributed by atoms with E-state index >= 15 is 0 Å². The van der Waals surface area contributed by atoms with Gasteiger partial charge in [0.05, 0.1) is 7.11 Å². The maximum atomic E-state index is 13.9. The third kappa shape index (κ3) is 3.95. The Morgan fingerprint density at radius 1 is 1.08 bits per heavy atom. The van der Waals surface area contributed by atoms with Gasteiger partial charge < -0.3 is 9.30 Å². The molecule has 0 saturated carbocycles. The first-order valence-electron chi connectivity index (χ1n) is 8.06. The molecule has 2 atom stereocenters. The standard InChI is InChI=1S/C19H24NO3P/c1-4-24(22,18-13-9-6-10-14-18)20(16(2)19(21)23-3)15-17-11-7-5-8-12-17/h5-14,16H,4,15H2,1-3H3/t16-,24?/m0/s1. The van der Waals surface area contributed by atoms with E-state index < -0.39 is 13.3 Å². The van der Waals surface area contributed by atoms with Crippen LogP contribution in [0.1, 0.15) is 19.4 Å². The summed E-state index contributed by atoms with van der Waals surface area (Å²) in [6.07, 6.45) is 0.450. The molecule has 0 aliphatic rings. The second-order valence-electron chi connectivity index (χ2n) is 5.64. The van der Waals surface area contributed by atoms with Crippen molar-refractivity contribution >= 4 is 18.6 Å². The third-order valence-electron chi connectivity index (χ3n) is 4.18. The largest absolute Gasteiger partial charge is 0.468 e. The molecule has 0 saturated heterocycles. The van der Waals surface area contributed by atoms with E-state index in [9.17, 15) is 9.36 Å². The molecule has 0 N–H and O–H groups in total. The minimum atomic E-state index is -2.92. The van der Waals surface area contributed by atoms with Crippen molar-refractivity contribution in [1.29, 1.82) is 0 Å². The molecule has 0 bridgehead atoms. The third-order valence-corrected chi connectivity index (χ3v) is 7.46. The second kappa shape index (κ2) is 8.27. The zero-order valence-electron chi connectivity index (χ0n) is 14.4. The second-order valence-corrected chi connectivity index (χ2v) is 8.70. The number of hydrogen-bond donors (Lipinski definition) is 0. The van der Waals surface area contributed by atoms with Crippen molar-refractivity contribution < 1.29 is 14.1 Å².